The number of fused-ring (bicyclic) bond motifs is 1. The van der Waals surface area contributed by atoms with Crippen molar-refractivity contribution in [2.75, 3.05) is 0 Å². The van der Waals surface area contributed by atoms with Gasteiger partial charge in [0, 0.05) is 0 Å². The summed E-state index contributed by atoms with van der Waals surface area (Å²) in [6, 6.07) is 15.4. The van der Waals surface area contributed by atoms with Gasteiger partial charge in [0.25, 0.3) is 0 Å². The first kappa shape index (κ1) is 12.7. The van der Waals surface area contributed by atoms with Gasteiger partial charge in [0.15, 0.2) is 6.10 Å². The minimum absolute atomic E-state index is 0.0488. The number of hydrogen-bond acceptors (Lipinski definition) is 3. The fourth-order valence-corrected chi connectivity index (χ4v) is 2.28. The third-order valence-corrected chi connectivity index (χ3v) is 3.40. The van der Waals surface area contributed by atoms with E-state index in [4.69, 9.17) is 9.47 Å². The van der Waals surface area contributed by atoms with Gasteiger partial charge in [-0.2, -0.15) is 0 Å². The Morgan fingerprint density at radius 3 is 2.70 bits per heavy atom. The Hall–Kier alpha value is -2.29. The molecule has 3 nitrogen and oxygen atoms in total. The maximum absolute atomic E-state index is 12.1. The topological polar surface area (TPSA) is 35.5 Å². The van der Waals surface area contributed by atoms with Crippen LogP contribution in [0, 0.1) is 0 Å². The minimum atomic E-state index is -0.339. The molecule has 2 aromatic rings. The quantitative estimate of drug-likeness (QED) is 0.849. The number of Topliss-reactive ketones (excluding diaryl/α,β-unsaturated/α-hetero) is 1. The van der Waals surface area contributed by atoms with E-state index in [9.17, 15) is 4.79 Å². The second-order valence-corrected chi connectivity index (χ2v) is 4.81. The molecule has 0 spiro atoms. The minimum Gasteiger partial charge on any atom is -0.489 e. The molecule has 1 unspecified atom stereocenters. The van der Waals surface area contributed by atoms with E-state index in [2.05, 4.69) is 0 Å². The summed E-state index contributed by atoms with van der Waals surface area (Å²) in [7, 11) is 0. The number of carbonyl (C=O) groups is 1. The molecular formula is C17H16O3. The summed E-state index contributed by atoms with van der Waals surface area (Å²) in [6.07, 6.45) is 0.350. The monoisotopic (exact) mass is 268 g/mol. The first-order valence-electron chi connectivity index (χ1n) is 6.79. The van der Waals surface area contributed by atoms with Crippen molar-refractivity contribution in [3.63, 3.8) is 0 Å². The Labute approximate surface area is 118 Å². The van der Waals surface area contributed by atoms with Crippen molar-refractivity contribution >= 4 is 5.78 Å². The Kier molecular flexibility index (Phi) is 3.42. The molecule has 102 valence electrons. The molecule has 0 radical (unpaired) electrons. The molecule has 0 aliphatic carbocycles. The third-order valence-electron chi connectivity index (χ3n) is 3.40. The maximum atomic E-state index is 12.1. The van der Waals surface area contributed by atoms with Gasteiger partial charge in [-0.15, -0.1) is 0 Å². The smallest absolute Gasteiger partial charge is 0.207 e. The fourth-order valence-electron chi connectivity index (χ4n) is 2.28. The molecule has 0 aromatic heterocycles. The van der Waals surface area contributed by atoms with Gasteiger partial charge in [-0.3, -0.25) is 4.79 Å². The Morgan fingerprint density at radius 1 is 1.15 bits per heavy atom. The number of ketones is 1. The zero-order chi connectivity index (χ0) is 13.9. The van der Waals surface area contributed by atoms with Gasteiger partial charge in [-0.25, -0.2) is 0 Å². The van der Waals surface area contributed by atoms with Crippen LogP contribution in [-0.4, -0.2) is 11.9 Å². The molecule has 0 N–H and O–H groups in total. The highest BCUT2D eigenvalue weighted by Crippen LogP contribution is 2.33. The van der Waals surface area contributed by atoms with E-state index in [1.807, 2.05) is 49.4 Å². The molecule has 1 atom stereocenters. The van der Waals surface area contributed by atoms with Crippen LogP contribution in [0.4, 0.5) is 0 Å². The molecule has 1 aliphatic rings. The Balaban J connectivity index is 1.74. The molecule has 0 fully saturated rings. The van der Waals surface area contributed by atoms with Crippen molar-refractivity contribution in [2.24, 2.45) is 0 Å². The lowest BCUT2D eigenvalue weighted by molar-refractivity contribution is 0.0853. The summed E-state index contributed by atoms with van der Waals surface area (Å²) >= 11 is 0. The van der Waals surface area contributed by atoms with Crippen molar-refractivity contribution in [3.8, 4) is 11.5 Å². The number of rotatable bonds is 4. The van der Waals surface area contributed by atoms with Gasteiger partial charge in [0.2, 0.25) is 5.78 Å². The van der Waals surface area contributed by atoms with Crippen LogP contribution in [0.15, 0.2) is 48.5 Å². The normalized spacial score (nSPS) is 16.6. The van der Waals surface area contributed by atoms with Gasteiger partial charge < -0.3 is 9.47 Å². The van der Waals surface area contributed by atoms with Gasteiger partial charge in [0.05, 0.1) is 5.56 Å². The maximum Gasteiger partial charge on any atom is 0.207 e. The first-order valence-corrected chi connectivity index (χ1v) is 6.79. The van der Waals surface area contributed by atoms with Crippen LogP contribution in [0.1, 0.15) is 29.3 Å². The second kappa shape index (κ2) is 5.37. The summed E-state index contributed by atoms with van der Waals surface area (Å²) in [6.45, 7) is 2.44. The van der Waals surface area contributed by atoms with Crippen LogP contribution in [-0.2, 0) is 6.61 Å². The lowest BCUT2D eigenvalue weighted by Crippen LogP contribution is -2.18. The molecule has 20 heavy (non-hydrogen) atoms. The van der Waals surface area contributed by atoms with Crippen LogP contribution in [0.25, 0.3) is 0 Å². The molecule has 0 saturated heterocycles. The fraction of sp³-hybridized carbons (Fsp3) is 0.235. The zero-order valence-corrected chi connectivity index (χ0v) is 11.3. The average molecular weight is 268 g/mol. The van der Waals surface area contributed by atoms with Gasteiger partial charge in [-0.1, -0.05) is 37.3 Å². The van der Waals surface area contributed by atoms with E-state index in [1.54, 1.807) is 6.07 Å². The number of carbonyl (C=O) groups excluding carboxylic acids is 1. The summed E-state index contributed by atoms with van der Waals surface area (Å²) in [4.78, 5) is 12.1. The van der Waals surface area contributed by atoms with Crippen LogP contribution < -0.4 is 9.47 Å². The van der Waals surface area contributed by atoms with Crippen LogP contribution in [0.2, 0.25) is 0 Å². The SMILES string of the molecule is CCC1Oc2ccc(OCc3ccccc3)cc2C1=O. The average Bonchev–Trinajstić information content (AvgIpc) is 2.82. The van der Waals surface area contributed by atoms with E-state index in [1.165, 1.54) is 0 Å². The lowest BCUT2D eigenvalue weighted by atomic mass is 10.1. The van der Waals surface area contributed by atoms with Crippen molar-refractivity contribution < 1.29 is 14.3 Å². The van der Waals surface area contributed by atoms with Gasteiger partial charge in [-0.05, 0) is 30.2 Å². The number of hydrogen-bond donors (Lipinski definition) is 0. The lowest BCUT2D eigenvalue weighted by Gasteiger charge is -2.07. The predicted molar refractivity (Wildman–Crippen MR) is 76.3 cm³/mol. The number of benzene rings is 2. The highest BCUT2D eigenvalue weighted by molar-refractivity contribution is 6.04. The Morgan fingerprint density at radius 2 is 1.95 bits per heavy atom. The third kappa shape index (κ3) is 2.39. The number of ether oxygens (including phenoxy) is 2. The van der Waals surface area contributed by atoms with Gasteiger partial charge >= 0.3 is 0 Å². The van der Waals surface area contributed by atoms with E-state index in [-0.39, 0.29) is 11.9 Å². The van der Waals surface area contributed by atoms with Crippen molar-refractivity contribution in [2.45, 2.75) is 26.1 Å². The molecular weight excluding hydrogens is 252 g/mol. The predicted octanol–water partition coefficient (Wildman–Crippen LogP) is 3.62. The summed E-state index contributed by atoms with van der Waals surface area (Å²) in [5.74, 6) is 1.41. The van der Waals surface area contributed by atoms with Crippen LogP contribution in [0.3, 0.4) is 0 Å². The van der Waals surface area contributed by atoms with Crippen molar-refractivity contribution in [1.82, 2.24) is 0 Å². The second-order valence-electron chi connectivity index (χ2n) is 4.81. The largest absolute Gasteiger partial charge is 0.489 e. The highest BCUT2D eigenvalue weighted by atomic mass is 16.5. The molecule has 1 heterocycles. The molecule has 0 amide bonds. The Bertz CT molecular complexity index is 619. The van der Waals surface area contributed by atoms with E-state index in [0.29, 0.717) is 30.1 Å². The molecule has 0 saturated carbocycles. The highest BCUT2D eigenvalue weighted by Gasteiger charge is 2.31. The van der Waals surface area contributed by atoms with E-state index in [0.717, 1.165) is 5.56 Å². The zero-order valence-electron chi connectivity index (χ0n) is 11.3. The molecule has 1 aliphatic heterocycles. The van der Waals surface area contributed by atoms with Gasteiger partial charge in [0.1, 0.15) is 18.1 Å². The molecule has 3 heteroatoms. The van der Waals surface area contributed by atoms with Crippen LogP contribution >= 0.6 is 0 Å². The summed E-state index contributed by atoms with van der Waals surface area (Å²) in [5, 5.41) is 0. The summed E-state index contributed by atoms with van der Waals surface area (Å²) < 4.78 is 11.3. The van der Waals surface area contributed by atoms with E-state index >= 15 is 0 Å². The molecule has 0 bridgehead atoms. The van der Waals surface area contributed by atoms with E-state index < -0.39 is 0 Å². The van der Waals surface area contributed by atoms with Crippen molar-refractivity contribution in [3.05, 3.63) is 59.7 Å². The van der Waals surface area contributed by atoms with Crippen molar-refractivity contribution in [1.29, 1.82) is 0 Å². The molecule has 2 aromatic carbocycles. The molecule has 3 rings (SSSR count). The summed E-state index contributed by atoms with van der Waals surface area (Å²) in [5.41, 5.74) is 1.73. The van der Waals surface area contributed by atoms with Crippen LogP contribution in [0.5, 0.6) is 11.5 Å². The first-order chi connectivity index (χ1) is 9.78. The standard InChI is InChI=1S/C17H16O3/c1-2-15-17(18)14-10-13(8-9-16(14)20-15)19-11-12-6-4-3-5-7-12/h3-10,15H,2,11H2,1H3.